The molecule has 0 radical (unpaired) electrons. The molecule has 27 heavy (non-hydrogen) atoms. The zero-order valence-corrected chi connectivity index (χ0v) is 15.6. The minimum atomic E-state index is -0.201. The average molecular weight is 378 g/mol. The van der Waals surface area contributed by atoms with E-state index in [2.05, 4.69) is 15.1 Å². The molecular weight excluding hydrogens is 360 g/mol. The van der Waals surface area contributed by atoms with Crippen LogP contribution in [0.25, 0.3) is 17.0 Å². The molecule has 0 saturated carbocycles. The van der Waals surface area contributed by atoms with E-state index in [1.807, 2.05) is 61.5 Å². The van der Waals surface area contributed by atoms with Gasteiger partial charge in [0.05, 0.1) is 6.61 Å². The van der Waals surface area contributed by atoms with Crippen molar-refractivity contribution in [1.29, 1.82) is 0 Å². The summed E-state index contributed by atoms with van der Waals surface area (Å²) in [5.41, 5.74) is 2.36. The Morgan fingerprint density at radius 3 is 2.67 bits per heavy atom. The van der Waals surface area contributed by atoms with Gasteiger partial charge < -0.3 is 4.74 Å². The van der Waals surface area contributed by atoms with Crippen LogP contribution in [0.15, 0.2) is 70.6 Å². The van der Waals surface area contributed by atoms with E-state index in [9.17, 15) is 4.79 Å². The number of thioether (sulfide) groups is 1. The normalized spacial score (nSPS) is 11.0. The maximum atomic E-state index is 11.8. The molecule has 0 bridgehead atoms. The number of aromatic amines is 1. The molecule has 0 aliphatic carbocycles. The van der Waals surface area contributed by atoms with Crippen molar-refractivity contribution in [3.63, 3.8) is 0 Å². The van der Waals surface area contributed by atoms with Gasteiger partial charge in [-0.1, -0.05) is 60.3 Å². The quantitative estimate of drug-likeness (QED) is 0.410. The van der Waals surface area contributed by atoms with Gasteiger partial charge in [-0.15, -0.1) is 0 Å². The van der Waals surface area contributed by atoms with Gasteiger partial charge in [-0.25, -0.2) is 14.5 Å². The zero-order chi connectivity index (χ0) is 18.6. The van der Waals surface area contributed by atoms with Crippen LogP contribution in [0.5, 0.6) is 5.75 Å². The number of nitrogens with zero attached hydrogens (tertiary/aromatic N) is 3. The van der Waals surface area contributed by atoms with Crippen molar-refractivity contribution in [1.82, 2.24) is 19.6 Å². The van der Waals surface area contributed by atoms with Crippen molar-refractivity contribution in [2.75, 3.05) is 12.4 Å². The van der Waals surface area contributed by atoms with Gasteiger partial charge in [0.25, 0.3) is 5.56 Å². The largest absolute Gasteiger partial charge is 0.492 e. The third-order valence-corrected chi connectivity index (χ3v) is 4.93. The second kappa shape index (κ2) is 7.67. The van der Waals surface area contributed by atoms with E-state index in [-0.39, 0.29) is 5.56 Å². The summed E-state index contributed by atoms with van der Waals surface area (Å²) in [6.45, 7) is 2.56. The number of hydrogen-bond donors (Lipinski definition) is 1. The van der Waals surface area contributed by atoms with Gasteiger partial charge >= 0.3 is 0 Å². The fraction of sp³-hybridized carbons (Fsp3) is 0.150. The van der Waals surface area contributed by atoms with Gasteiger partial charge in [-0.2, -0.15) is 0 Å². The monoisotopic (exact) mass is 378 g/mol. The van der Waals surface area contributed by atoms with Crippen LogP contribution in [-0.4, -0.2) is 31.9 Å². The topological polar surface area (TPSA) is 72.3 Å². The van der Waals surface area contributed by atoms with Crippen LogP contribution in [0.3, 0.4) is 0 Å². The maximum Gasteiger partial charge on any atom is 0.266 e. The highest BCUT2D eigenvalue weighted by Crippen LogP contribution is 2.22. The standard InChI is InChI=1S/C20H18N4O2S/c1-14-7-5-6-10-16(14)26-11-12-27-20-22-19(15-8-3-2-4-9-15)21-17-13-18(25)23-24(17)20/h2-10,13H,11-12H2,1H3,(H,23,25). The lowest BCUT2D eigenvalue weighted by Gasteiger charge is -2.10. The second-order valence-electron chi connectivity index (χ2n) is 5.97. The molecule has 0 unspecified atom stereocenters. The van der Waals surface area contributed by atoms with E-state index in [1.54, 1.807) is 4.52 Å². The molecule has 1 N–H and O–H groups in total. The van der Waals surface area contributed by atoms with Crippen molar-refractivity contribution in [3.05, 3.63) is 76.6 Å². The predicted molar refractivity (Wildman–Crippen MR) is 106 cm³/mol. The van der Waals surface area contributed by atoms with Crippen LogP contribution >= 0.6 is 11.8 Å². The van der Waals surface area contributed by atoms with Crippen LogP contribution < -0.4 is 10.3 Å². The Bertz CT molecular complexity index is 1120. The van der Waals surface area contributed by atoms with Crippen LogP contribution in [0.2, 0.25) is 0 Å². The molecule has 2 aromatic heterocycles. The number of fused-ring (bicyclic) bond motifs is 1. The zero-order valence-electron chi connectivity index (χ0n) is 14.8. The number of benzene rings is 2. The summed E-state index contributed by atoms with van der Waals surface area (Å²) in [6.07, 6.45) is 0. The van der Waals surface area contributed by atoms with Crippen LogP contribution in [0, 0.1) is 6.92 Å². The summed E-state index contributed by atoms with van der Waals surface area (Å²) in [5, 5.41) is 3.42. The Morgan fingerprint density at radius 2 is 1.85 bits per heavy atom. The highest BCUT2D eigenvalue weighted by molar-refractivity contribution is 7.99. The first-order valence-electron chi connectivity index (χ1n) is 8.57. The van der Waals surface area contributed by atoms with Gasteiger partial charge in [0, 0.05) is 17.4 Å². The van der Waals surface area contributed by atoms with Crippen LogP contribution in [-0.2, 0) is 0 Å². The lowest BCUT2D eigenvalue weighted by molar-refractivity contribution is 0.341. The third kappa shape index (κ3) is 3.88. The van der Waals surface area contributed by atoms with Gasteiger partial charge in [-0.05, 0) is 18.6 Å². The molecule has 0 spiro atoms. The predicted octanol–water partition coefficient (Wildman–Crippen LogP) is 3.56. The Hall–Kier alpha value is -3.06. The molecule has 0 atom stereocenters. The van der Waals surface area contributed by atoms with Crippen LogP contribution in [0.4, 0.5) is 0 Å². The first-order valence-corrected chi connectivity index (χ1v) is 9.56. The Morgan fingerprint density at radius 1 is 1.07 bits per heavy atom. The summed E-state index contributed by atoms with van der Waals surface area (Å²) in [5.74, 6) is 2.16. The summed E-state index contributed by atoms with van der Waals surface area (Å²) < 4.78 is 7.46. The summed E-state index contributed by atoms with van der Waals surface area (Å²) in [4.78, 5) is 20.9. The highest BCUT2D eigenvalue weighted by Gasteiger charge is 2.11. The summed E-state index contributed by atoms with van der Waals surface area (Å²) in [6, 6.07) is 19.1. The lowest BCUT2D eigenvalue weighted by Crippen LogP contribution is -2.07. The number of aryl methyl sites for hydroxylation is 1. The van der Waals surface area contributed by atoms with E-state index in [0.717, 1.165) is 16.9 Å². The van der Waals surface area contributed by atoms with Crippen LogP contribution in [0.1, 0.15) is 5.56 Å². The molecule has 0 aliphatic rings. The number of rotatable bonds is 6. The minimum Gasteiger partial charge on any atom is -0.492 e. The van der Waals surface area contributed by atoms with Crippen molar-refractivity contribution in [2.45, 2.75) is 12.1 Å². The molecule has 136 valence electrons. The van der Waals surface area contributed by atoms with Crippen molar-refractivity contribution >= 4 is 17.4 Å². The minimum absolute atomic E-state index is 0.201. The smallest absolute Gasteiger partial charge is 0.266 e. The lowest BCUT2D eigenvalue weighted by atomic mass is 10.2. The number of ether oxygens (including phenoxy) is 1. The van der Waals surface area contributed by atoms with Crippen molar-refractivity contribution in [3.8, 4) is 17.1 Å². The van der Waals surface area contributed by atoms with Gasteiger partial charge in [0.1, 0.15) is 5.75 Å². The molecule has 0 fully saturated rings. The Labute approximate surface area is 160 Å². The number of H-pyrrole nitrogens is 1. The molecule has 2 aromatic carbocycles. The van der Waals surface area contributed by atoms with E-state index < -0.39 is 0 Å². The first kappa shape index (κ1) is 17.4. The molecule has 7 heteroatoms. The second-order valence-corrected chi connectivity index (χ2v) is 7.03. The van der Waals surface area contributed by atoms with Crippen molar-refractivity contribution in [2.24, 2.45) is 0 Å². The fourth-order valence-corrected chi connectivity index (χ4v) is 3.47. The number of nitrogens with one attached hydrogen (secondary N) is 1. The molecule has 0 aliphatic heterocycles. The first-order chi connectivity index (χ1) is 13.2. The number of hydrogen-bond acceptors (Lipinski definition) is 5. The number of para-hydroxylation sites is 1. The van der Waals surface area contributed by atoms with Gasteiger partial charge in [0.15, 0.2) is 16.6 Å². The fourth-order valence-electron chi connectivity index (χ4n) is 2.70. The number of aromatic nitrogens is 4. The molecule has 0 amide bonds. The Balaban J connectivity index is 1.55. The highest BCUT2D eigenvalue weighted by atomic mass is 32.2. The van der Waals surface area contributed by atoms with Crippen molar-refractivity contribution < 1.29 is 4.74 Å². The molecule has 4 aromatic rings. The van der Waals surface area contributed by atoms with Gasteiger partial charge in [0.2, 0.25) is 0 Å². The van der Waals surface area contributed by atoms with E-state index >= 15 is 0 Å². The summed E-state index contributed by atoms with van der Waals surface area (Å²) in [7, 11) is 0. The van der Waals surface area contributed by atoms with E-state index in [0.29, 0.717) is 29.0 Å². The van der Waals surface area contributed by atoms with E-state index in [1.165, 1.54) is 17.8 Å². The van der Waals surface area contributed by atoms with Gasteiger partial charge in [-0.3, -0.25) is 9.89 Å². The maximum absolute atomic E-state index is 11.8. The summed E-state index contributed by atoms with van der Waals surface area (Å²) >= 11 is 1.51. The molecule has 2 heterocycles. The SMILES string of the molecule is Cc1ccccc1OCCSc1nc(-c2ccccc2)nc2cc(=O)[nH]n12. The third-order valence-electron chi connectivity index (χ3n) is 4.02. The molecular formula is C20H18N4O2S. The molecule has 6 nitrogen and oxygen atoms in total. The average Bonchev–Trinajstić information content (AvgIpc) is 3.07. The molecule has 4 rings (SSSR count). The molecule has 0 saturated heterocycles. The Kier molecular flexibility index (Phi) is 4.93. The van der Waals surface area contributed by atoms with E-state index in [4.69, 9.17) is 4.74 Å².